The minimum Gasteiger partial charge on any atom is -0.354 e. The van der Waals surface area contributed by atoms with Crippen LogP contribution in [-0.2, 0) is 4.79 Å². The molecule has 0 saturated carbocycles. The Balaban J connectivity index is 1.79. The fourth-order valence-corrected chi connectivity index (χ4v) is 2.73. The molecule has 0 saturated heterocycles. The highest BCUT2D eigenvalue weighted by molar-refractivity contribution is 6.30. The average Bonchev–Trinajstić information content (AvgIpc) is 2.62. The topological polar surface area (TPSA) is 61.4 Å². The molecule has 2 aromatic rings. The molecule has 0 heterocycles. The van der Waals surface area contributed by atoms with Gasteiger partial charge >= 0.3 is 0 Å². The Kier molecular flexibility index (Phi) is 7.76. The van der Waals surface area contributed by atoms with Crippen LogP contribution in [-0.4, -0.2) is 43.9 Å². The van der Waals surface area contributed by atoms with E-state index in [1.807, 2.05) is 25.1 Å². The molecule has 0 aliphatic heterocycles. The van der Waals surface area contributed by atoms with E-state index in [9.17, 15) is 14.0 Å². The lowest BCUT2D eigenvalue weighted by Gasteiger charge is -2.25. The Morgan fingerprint density at radius 1 is 1.11 bits per heavy atom. The highest BCUT2D eigenvalue weighted by atomic mass is 35.5. The first-order valence-electron chi connectivity index (χ1n) is 8.59. The lowest BCUT2D eigenvalue weighted by Crippen LogP contribution is -2.36. The van der Waals surface area contributed by atoms with Gasteiger partial charge in [0.05, 0.1) is 6.04 Å². The number of carbonyl (C=O) groups is 2. The van der Waals surface area contributed by atoms with Gasteiger partial charge in [0.1, 0.15) is 5.82 Å². The molecule has 1 unspecified atom stereocenters. The normalized spacial score (nSPS) is 11.9. The van der Waals surface area contributed by atoms with E-state index in [1.54, 1.807) is 30.3 Å². The summed E-state index contributed by atoms with van der Waals surface area (Å²) >= 11 is 5.79. The Morgan fingerprint density at radius 3 is 2.44 bits per heavy atom. The maximum Gasteiger partial charge on any atom is 0.251 e. The van der Waals surface area contributed by atoms with Gasteiger partial charge < -0.3 is 15.5 Å². The second-order valence-electron chi connectivity index (χ2n) is 6.35. The largest absolute Gasteiger partial charge is 0.354 e. The van der Waals surface area contributed by atoms with Crippen molar-refractivity contribution in [2.24, 2.45) is 0 Å². The standard InChI is InChI=1S/C20H23ClFN3O2/c1-25(2)18(15-4-3-5-17(22)12-15)13-24-19(26)10-11-23-20(27)14-6-8-16(21)9-7-14/h3-9,12,18H,10-11,13H2,1-2H3,(H,23,27)(H,24,26). The van der Waals surface area contributed by atoms with E-state index in [1.165, 1.54) is 12.1 Å². The van der Waals surface area contributed by atoms with Gasteiger partial charge in [-0.3, -0.25) is 9.59 Å². The SMILES string of the molecule is CN(C)C(CNC(=O)CCNC(=O)c1ccc(Cl)cc1)c1cccc(F)c1. The van der Waals surface area contributed by atoms with Gasteiger partial charge in [-0.1, -0.05) is 23.7 Å². The molecule has 0 aliphatic rings. The predicted molar refractivity (Wildman–Crippen MR) is 104 cm³/mol. The molecule has 0 spiro atoms. The Bertz CT molecular complexity index is 781. The lowest BCUT2D eigenvalue weighted by atomic mass is 10.1. The summed E-state index contributed by atoms with van der Waals surface area (Å²) in [5, 5.41) is 6.08. The fraction of sp³-hybridized carbons (Fsp3) is 0.300. The van der Waals surface area contributed by atoms with E-state index in [0.717, 1.165) is 5.56 Å². The van der Waals surface area contributed by atoms with Crippen LogP contribution in [0.25, 0.3) is 0 Å². The van der Waals surface area contributed by atoms with Crippen LogP contribution in [0, 0.1) is 5.82 Å². The van der Waals surface area contributed by atoms with Gasteiger partial charge in [-0.25, -0.2) is 4.39 Å². The number of nitrogens with one attached hydrogen (secondary N) is 2. The second-order valence-corrected chi connectivity index (χ2v) is 6.79. The predicted octanol–water partition coefficient (Wildman–Crippen LogP) is 3.02. The molecule has 2 rings (SSSR count). The van der Waals surface area contributed by atoms with Gasteiger partial charge in [-0.2, -0.15) is 0 Å². The van der Waals surface area contributed by atoms with Gasteiger partial charge in [0, 0.05) is 30.1 Å². The van der Waals surface area contributed by atoms with Gasteiger partial charge in [0.2, 0.25) is 5.91 Å². The number of halogens is 2. The third-order valence-corrected chi connectivity index (χ3v) is 4.35. The molecule has 1 atom stereocenters. The van der Waals surface area contributed by atoms with E-state index in [0.29, 0.717) is 17.1 Å². The maximum absolute atomic E-state index is 13.4. The summed E-state index contributed by atoms with van der Waals surface area (Å²) in [5.74, 6) is -0.754. The van der Waals surface area contributed by atoms with E-state index in [4.69, 9.17) is 11.6 Å². The number of benzene rings is 2. The minimum atomic E-state index is -0.310. The zero-order valence-electron chi connectivity index (χ0n) is 15.3. The highest BCUT2D eigenvalue weighted by Crippen LogP contribution is 2.18. The van der Waals surface area contributed by atoms with Gasteiger partial charge in [-0.05, 0) is 56.1 Å². The first-order valence-corrected chi connectivity index (χ1v) is 8.97. The molecular weight excluding hydrogens is 369 g/mol. The number of carbonyl (C=O) groups excluding carboxylic acids is 2. The van der Waals surface area contributed by atoms with Crippen molar-refractivity contribution in [2.75, 3.05) is 27.2 Å². The number of hydrogen-bond acceptors (Lipinski definition) is 3. The Morgan fingerprint density at radius 2 is 1.81 bits per heavy atom. The summed E-state index contributed by atoms with van der Waals surface area (Å²) in [4.78, 5) is 26.0. The number of likely N-dealkylation sites (N-methyl/N-ethyl adjacent to an activating group) is 1. The number of rotatable bonds is 8. The van der Waals surface area contributed by atoms with Crippen molar-refractivity contribution in [2.45, 2.75) is 12.5 Å². The zero-order chi connectivity index (χ0) is 19.8. The first kappa shape index (κ1) is 20.9. The zero-order valence-corrected chi connectivity index (χ0v) is 16.1. The van der Waals surface area contributed by atoms with Gasteiger partial charge in [-0.15, -0.1) is 0 Å². The summed E-state index contributed by atoms with van der Waals surface area (Å²) < 4.78 is 13.4. The Labute approximate surface area is 163 Å². The molecule has 2 N–H and O–H groups in total. The van der Waals surface area contributed by atoms with E-state index in [-0.39, 0.29) is 36.6 Å². The summed E-state index contributed by atoms with van der Waals surface area (Å²) in [5.41, 5.74) is 1.27. The summed E-state index contributed by atoms with van der Waals surface area (Å²) in [7, 11) is 3.74. The summed E-state index contributed by atoms with van der Waals surface area (Å²) in [6.45, 7) is 0.570. The minimum absolute atomic E-state index is 0.145. The maximum atomic E-state index is 13.4. The molecule has 0 aromatic heterocycles. The third-order valence-electron chi connectivity index (χ3n) is 4.09. The second kappa shape index (κ2) is 10.0. The van der Waals surface area contributed by atoms with E-state index in [2.05, 4.69) is 10.6 Å². The smallest absolute Gasteiger partial charge is 0.251 e. The number of nitrogens with zero attached hydrogens (tertiary/aromatic N) is 1. The number of amides is 2. The number of hydrogen-bond donors (Lipinski definition) is 2. The summed E-state index contributed by atoms with van der Waals surface area (Å²) in [6.07, 6.45) is 0.155. The average molecular weight is 392 g/mol. The molecule has 2 aromatic carbocycles. The van der Waals surface area contributed by atoms with Crippen molar-refractivity contribution in [1.82, 2.24) is 15.5 Å². The molecule has 0 aliphatic carbocycles. The van der Waals surface area contributed by atoms with Crippen molar-refractivity contribution in [1.29, 1.82) is 0 Å². The molecule has 2 amide bonds. The van der Waals surface area contributed by atoms with Crippen LogP contribution in [0.3, 0.4) is 0 Å². The van der Waals surface area contributed by atoms with Crippen molar-refractivity contribution in [3.8, 4) is 0 Å². The molecule has 7 heteroatoms. The van der Waals surface area contributed by atoms with Crippen LogP contribution in [0.15, 0.2) is 48.5 Å². The molecule has 144 valence electrons. The van der Waals surface area contributed by atoms with Crippen LogP contribution < -0.4 is 10.6 Å². The van der Waals surface area contributed by atoms with Crippen LogP contribution in [0.1, 0.15) is 28.4 Å². The first-order chi connectivity index (χ1) is 12.9. The molecular formula is C20H23ClFN3O2. The van der Waals surface area contributed by atoms with Crippen molar-refractivity contribution in [3.63, 3.8) is 0 Å². The van der Waals surface area contributed by atoms with Crippen molar-refractivity contribution < 1.29 is 14.0 Å². The molecule has 27 heavy (non-hydrogen) atoms. The van der Waals surface area contributed by atoms with Crippen molar-refractivity contribution in [3.05, 3.63) is 70.5 Å². The molecule has 5 nitrogen and oxygen atoms in total. The lowest BCUT2D eigenvalue weighted by molar-refractivity contribution is -0.121. The van der Waals surface area contributed by atoms with Crippen molar-refractivity contribution >= 4 is 23.4 Å². The van der Waals surface area contributed by atoms with Gasteiger partial charge in [0.25, 0.3) is 5.91 Å². The highest BCUT2D eigenvalue weighted by Gasteiger charge is 2.16. The molecule has 0 radical (unpaired) electrons. The van der Waals surface area contributed by atoms with Crippen LogP contribution in [0.5, 0.6) is 0 Å². The quantitative estimate of drug-likeness (QED) is 0.727. The molecule has 0 fully saturated rings. The van der Waals surface area contributed by atoms with Crippen LogP contribution in [0.4, 0.5) is 4.39 Å². The Hall–Kier alpha value is -2.44. The van der Waals surface area contributed by atoms with Gasteiger partial charge in [0.15, 0.2) is 0 Å². The fourth-order valence-electron chi connectivity index (χ4n) is 2.60. The molecule has 0 bridgehead atoms. The summed E-state index contributed by atoms with van der Waals surface area (Å²) in [6, 6.07) is 12.7. The van der Waals surface area contributed by atoms with E-state index >= 15 is 0 Å². The van der Waals surface area contributed by atoms with Crippen LogP contribution in [0.2, 0.25) is 5.02 Å². The van der Waals surface area contributed by atoms with Crippen LogP contribution >= 0.6 is 11.6 Å². The van der Waals surface area contributed by atoms with E-state index < -0.39 is 0 Å². The third kappa shape index (κ3) is 6.66. The monoisotopic (exact) mass is 391 g/mol.